The van der Waals surface area contributed by atoms with Crippen LogP contribution in [0.1, 0.15) is 20.8 Å². The van der Waals surface area contributed by atoms with Crippen LogP contribution >= 0.6 is 11.8 Å². The lowest BCUT2D eigenvalue weighted by molar-refractivity contribution is -0.138. The minimum atomic E-state index is -1.22. The van der Waals surface area contributed by atoms with Gasteiger partial charge in [-0.05, 0) is 45.0 Å². The molecule has 0 fully saturated rings. The van der Waals surface area contributed by atoms with Gasteiger partial charge in [0.15, 0.2) is 0 Å². The van der Waals surface area contributed by atoms with Crippen molar-refractivity contribution in [2.45, 2.75) is 32.4 Å². The van der Waals surface area contributed by atoms with Crippen molar-refractivity contribution in [1.82, 2.24) is 5.32 Å². The van der Waals surface area contributed by atoms with Gasteiger partial charge in [0.05, 0.1) is 5.75 Å². The summed E-state index contributed by atoms with van der Waals surface area (Å²) in [6.07, 6.45) is -0.837. The largest absolute Gasteiger partial charge is 0.480 e. The fourth-order valence-corrected chi connectivity index (χ4v) is 2.46. The number of anilines is 1. The lowest BCUT2D eigenvalue weighted by Gasteiger charge is -2.21. The first-order chi connectivity index (χ1) is 11.6. The number of hydrogen-bond donors (Lipinski definition) is 3. The van der Waals surface area contributed by atoms with Gasteiger partial charge in [0, 0.05) is 11.4 Å². The molecule has 25 heavy (non-hydrogen) atoms. The van der Waals surface area contributed by atoms with E-state index in [4.69, 9.17) is 9.84 Å². The average Bonchev–Trinajstić information content (AvgIpc) is 2.46. The number of carboxylic acids is 1. The van der Waals surface area contributed by atoms with Gasteiger partial charge in [0.1, 0.15) is 17.5 Å². The van der Waals surface area contributed by atoms with E-state index >= 15 is 0 Å². The van der Waals surface area contributed by atoms with Gasteiger partial charge in [-0.1, -0.05) is 0 Å². The molecule has 0 bridgehead atoms. The van der Waals surface area contributed by atoms with E-state index in [0.717, 1.165) is 11.8 Å². The minimum Gasteiger partial charge on any atom is -0.480 e. The average molecular weight is 372 g/mol. The van der Waals surface area contributed by atoms with Crippen LogP contribution in [0, 0.1) is 5.82 Å². The number of rotatable bonds is 7. The molecule has 0 aliphatic heterocycles. The molecular weight excluding hydrogens is 351 g/mol. The molecular formula is C16H21FN2O5S. The van der Waals surface area contributed by atoms with Gasteiger partial charge in [0.2, 0.25) is 5.91 Å². The smallest absolute Gasteiger partial charge is 0.408 e. The number of aliphatic carboxylic acids is 1. The molecule has 1 aromatic carbocycles. The highest BCUT2D eigenvalue weighted by atomic mass is 32.2. The Kier molecular flexibility index (Phi) is 7.69. The number of carbonyl (C=O) groups excluding carboxylic acids is 2. The molecule has 1 atom stereocenters. The Balaban J connectivity index is 2.41. The standard InChI is InChI=1S/C16H21FN2O5S/c1-16(2,3)24-15(23)19-12(14(21)22)8-25-9-13(20)18-11-6-4-10(17)5-7-11/h4-7,12H,8-9H2,1-3H3,(H,18,20)(H,19,23)(H,21,22). The SMILES string of the molecule is CC(C)(C)OC(=O)NC(CSCC(=O)Nc1ccc(F)cc1)C(=O)O. The Morgan fingerprint density at radius 2 is 1.84 bits per heavy atom. The van der Waals surface area contributed by atoms with Crippen molar-refractivity contribution in [2.75, 3.05) is 16.8 Å². The molecule has 3 N–H and O–H groups in total. The van der Waals surface area contributed by atoms with Crippen LogP contribution in [0.25, 0.3) is 0 Å². The third-order valence-corrected chi connectivity index (χ3v) is 3.67. The monoisotopic (exact) mass is 372 g/mol. The van der Waals surface area contributed by atoms with Crippen molar-refractivity contribution in [1.29, 1.82) is 0 Å². The summed E-state index contributed by atoms with van der Waals surface area (Å²) in [5, 5.41) is 13.9. The molecule has 1 rings (SSSR count). The van der Waals surface area contributed by atoms with Crippen LogP contribution in [0.4, 0.5) is 14.9 Å². The van der Waals surface area contributed by atoms with Crippen molar-refractivity contribution in [2.24, 2.45) is 0 Å². The van der Waals surface area contributed by atoms with Crippen LogP contribution in [-0.2, 0) is 14.3 Å². The third kappa shape index (κ3) is 8.94. The van der Waals surface area contributed by atoms with E-state index in [9.17, 15) is 18.8 Å². The number of benzene rings is 1. The summed E-state index contributed by atoms with van der Waals surface area (Å²) in [5.74, 6) is -2.03. The number of amides is 2. The van der Waals surface area contributed by atoms with E-state index < -0.39 is 29.5 Å². The van der Waals surface area contributed by atoms with Gasteiger partial charge in [0.25, 0.3) is 0 Å². The molecule has 0 aliphatic carbocycles. The third-order valence-electron chi connectivity index (χ3n) is 2.63. The molecule has 7 nitrogen and oxygen atoms in total. The molecule has 0 spiro atoms. The van der Waals surface area contributed by atoms with Gasteiger partial charge >= 0.3 is 12.1 Å². The number of carboxylic acid groups (broad SMARTS) is 1. The summed E-state index contributed by atoms with van der Waals surface area (Å²) in [6, 6.07) is 4.09. The summed E-state index contributed by atoms with van der Waals surface area (Å²) in [6.45, 7) is 4.99. The van der Waals surface area contributed by atoms with Gasteiger partial charge in [-0.25, -0.2) is 14.0 Å². The summed E-state index contributed by atoms with van der Waals surface area (Å²) < 4.78 is 17.8. The predicted octanol–water partition coefficient (Wildman–Crippen LogP) is 2.48. The molecule has 0 heterocycles. The van der Waals surface area contributed by atoms with Gasteiger partial charge in [-0.15, -0.1) is 11.8 Å². The quantitative estimate of drug-likeness (QED) is 0.679. The Hall–Kier alpha value is -2.29. The van der Waals surface area contributed by atoms with Crippen LogP contribution in [0.15, 0.2) is 24.3 Å². The summed E-state index contributed by atoms with van der Waals surface area (Å²) in [5.41, 5.74) is -0.302. The van der Waals surface area contributed by atoms with Crippen LogP contribution < -0.4 is 10.6 Å². The fraction of sp³-hybridized carbons (Fsp3) is 0.438. The van der Waals surface area contributed by atoms with E-state index in [1.807, 2.05) is 0 Å². The maximum atomic E-state index is 12.8. The Morgan fingerprint density at radius 3 is 2.36 bits per heavy atom. The van der Waals surface area contributed by atoms with E-state index in [1.165, 1.54) is 24.3 Å². The maximum Gasteiger partial charge on any atom is 0.408 e. The maximum absolute atomic E-state index is 12.8. The highest BCUT2D eigenvalue weighted by Gasteiger charge is 2.24. The van der Waals surface area contributed by atoms with Gasteiger partial charge < -0.3 is 20.5 Å². The molecule has 1 unspecified atom stereocenters. The number of halogens is 1. The normalized spacial score (nSPS) is 12.2. The number of ether oxygens (including phenoxy) is 1. The van der Waals surface area contributed by atoms with Crippen LogP contribution in [0.5, 0.6) is 0 Å². The van der Waals surface area contributed by atoms with Crippen molar-refractivity contribution in [3.8, 4) is 0 Å². The molecule has 0 saturated carbocycles. The van der Waals surface area contributed by atoms with Crippen molar-refractivity contribution < 1.29 is 28.6 Å². The summed E-state index contributed by atoms with van der Waals surface area (Å²) in [7, 11) is 0. The molecule has 138 valence electrons. The lowest BCUT2D eigenvalue weighted by Crippen LogP contribution is -2.45. The van der Waals surface area contributed by atoms with Crippen LogP contribution in [-0.4, -0.2) is 46.2 Å². The number of thioether (sulfide) groups is 1. The molecule has 0 radical (unpaired) electrons. The first-order valence-electron chi connectivity index (χ1n) is 7.42. The van der Waals surface area contributed by atoms with Crippen molar-refractivity contribution in [3.63, 3.8) is 0 Å². The highest BCUT2D eigenvalue weighted by molar-refractivity contribution is 8.00. The second-order valence-corrected chi connectivity index (χ2v) is 7.14. The zero-order valence-corrected chi connectivity index (χ0v) is 15.0. The minimum absolute atomic E-state index is 0.00852. The zero-order chi connectivity index (χ0) is 19.0. The number of alkyl carbamates (subject to hydrolysis) is 1. The Morgan fingerprint density at radius 1 is 1.24 bits per heavy atom. The Bertz CT molecular complexity index is 616. The van der Waals surface area contributed by atoms with E-state index in [1.54, 1.807) is 20.8 Å². The number of nitrogens with one attached hydrogen (secondary N) is 2. The zero-order valence-electron chi connectivity index (χ0n) is 14.2. The predicted molar refractivity (Wildman–Crippen MR) is 93.1 cm³/mol. The fourth-order valence-electron chi connectivity index (χ4n) is 1.62. The van der Waals surface area contributed by atoms with Gasteiger partial charge in [-0.3, -0.25) is 4.79 Å². The van der Waals surface area contributed by atoms with Crippen molar-refractivity contribution in [3.05, 3.63) is 30.1 Å². The molecule has 0 aliphatic rings. The second-order valence-electron chi connectivity index (χ2n) is 6.11. The first kappa shape index (κ1) is 20.8. The number of hydrogen-bond acceptors (Lipinski definition) is 5. The molecule has 2 amide bonds. The molecule has 1 aromatic rings. The number of carbonyl (C=O) groups is 3. The lowest BCUT2D eigenvalue weighted by atomic mass is 10.2. The highest BCUT2D eigenvalue weighted by Crippen LogP contribution is 2.11. The van der Waals surface area contributed by atoms with Crippen LogP contribution in [0.2, 0.25) is 0 Å². The molecule has 9 heteroatoms. The first-order valence-corrected chi connectivity index (χ1v) is 8.58. The summed E-state index contributed by atoms with van der Waals surface area (Å²) in [4.78, 5) is 34.6. The van der Waals surface area contributed by atoms with Crippen LogP contribution in [0.3, 0.4) is 0 Å². The van der Waals surface area contributed by atoms with E-state index in [-0.39, 0.29) is 17.4 Å². The molecule has 0 saturated heterocycles. The topological polar surface area (TPSA) is 105 Å². The second kappa shape index (κ2) is 9.26. The molecule has 0 aromatic heterocycles. The van der Waals surface area contributed by atoms with Crippen molar-refractivity contribution >= 4 is 35.4 Å². The van der Waals surface area contributed by atoms with E-state index in [0.29, 0.717) is 5.69 Å². The Labute approximate surface area is 149 Å². The summed E-state index contributed by atoms with van der Waals surface area (Å²) >= 11 is 1.04. The van der Waals surface area contributed by atoms with E-state index in [2.05, 4.69) is 10.6 Å². The van der Waals surface area contributed by atoms with Gasteiger partial charge in [-0.2, -0.15) is 0 Å².